The van der Waals surface area contributed by atoms with E-state index in [0.717, 1.165) is 15.6 Å². The van der Waals surface area contributed by atoms with Gasteiger partial charge in [-0.25, -0.2) is 4.68 Å². The first-order valence-electron chi connectivity index (χ1n) is 7.35. The molecule has 0 aliphatic rings. The molecule has 1 aromatic heterocycles. The zero-order chi connectivity index (χ0) is 17.1. The molecule has 0 aliphatic carbocycles. The zero-order valence-electron chi connectivity index (χ0n) is 13.0. The van der Waals surface area contributed by atoms with E-state index in [1.165, 1.54) is 4.68 Å². The van der Waals surface area contributed by atoms with Crippen molar-refractivity contribution in [3.63, 3.8) is 0 Å². The van der Waals surface area contributed by atoms with Gasteiger partial charge in [0.2, 0.25) is 0 Å². The number of benzene rings is 2. The summed E-state index contributed by atoms with van der Waals surface area (Å²) in [5.41, 5.74) is 8.88. The topological polar surface area (TPSA) is 85.8 Å². The summed E-state index contributed by atoms with van der Waals surface area (Å²) in [4.78, 5) is 12.4. The molecule has 0 spiro atoms. The minimum absolute atomic E-state index is 0.117. The lowest BCUT2D eigenvalue weighted by molar-refractivity contribution is 0.102. The highest BCUT2D eigenvalue weighted by atomic mass is 79.9. The number of halogens is 1. The van der Waals surface area contributed by atoms with Crippen molar-refractivity contribution in [2.24, 2.45) is 0 Å². The largest absolute Gasteiger partial charge is 0.382 e. The summed E-state index contributed by atoms with van der Waals surface area (Å²) < 4.78 is 2.49. The van der Waals surface area contributed by atoms with Gasteiger partial charge in [-0.05, 0) is 36.2 Å². The van der Waals surface area contributed by atoms with Gasteiger partial charge in [-0.3, -0.25) is 4.79 Å². The number of nitrogens with two attached hydrogens (primary N) is 1. The van der Waals surface area contributed by atoms with Gasteiger partial charge in [-0.1, -0.05) is 51.5 Å². The van der Waals surface area contributed by atoms with E-state index in [4.69, 9.17) is 5.73 Å². The minimum Gasteiger partial charge on any atom is -0.382 e. The number of carbonyl (C=O) groups is 1. The van der Waals surface area contributed by atoms with Gasteiger partial charge >= 0.3 is 0 Å². The molecule has 3 N–H and O–H groups in total. The van der Waals surface area contributed by atoms with Crippen LogP contribution >= 0.6 is 15.9 Å². The lowest BCUT2D eigenvalue weighted by Crippen LogP contribution is -2.15. The van der Waals surface area contributed by atoms with Crippen LogP contribution in [0.25, 0.3) is 0 Å². The number of amides is 1. The Morgan fingerprint density at radius 3 is 2.71 bits per heavy atom. The summed E-state index contributed by atoms with van der Waals surface area (Å²) in [6.07, 6.45) is 0. The maximum Gasteiger partial charge on any atom is 0.280 e. The van der Waals surface area contributed by atoms with Crippen molar-refractivity contribution in [3.8, 4) is 0 Å². The fourth-order valence-electron chi connectivity index (χ4n) is 2.27. The van der Waals surface area contributed by atoms with Crippen LogP contribution < -0.4 is 11.1 Å². The van der Waals surface area contributed by atoms with Crippen molar-refractivity contribution in [3.05, 3.63) is 69.8 Å². The fourth-order valence-corrected chi connectivity index (χ4v) is 2.51. The minimum atomic E-state index is -0.381. The van der Waals surface area contributed by atoms with Crippen molar-refractivity contribution < 1.29 is 4.79 Å². The predicted molar refractivity (Wildman–Crippen MR) is 96.8 cm³/mol. The Morgan fingerprint density at radius 2 is 2.00 bits per heavy atom. The summed E-state index contributed by atoms with van der Waals surface area (Å²) in [5, 5.41) is 10.7. The molecule has 6 nitrogen and oxygen atoms in total. The number of hydrogen-bond donors (Lipinski definition) is 2. The third kappa shape index (κ3) is 3.46. The van der Waals surface area contributed by atoms with Crippen molar-refractivity contribution in [1.29, 1.82) is 0 Å². The summed E-state index contributed by atoms with van der Waals surface area (Å²) >= 11 is 3.43. The first-order chi connectivity index (χ1) is 11.5. The van der Waals surface area contributed by atoms with Crippen LogP contribution in [0.3, 0.4) is 0 Å². The molecule has 7 heteroatoms. The predicted octanol–water partition coefficient (Wildman–Crippen LogP) is 3.23. The van der Waals surface area contributed by atoms with Crippen LogP contribution in [0, 0.1) is 6.92 Å². The molecule has 0 aliphatic heterocycles. The van der Waals surface area contributed by atoms with Crippen molar-refractivity contribution in [2.75, 3.05) is 11.1 Å². The number of aromatic nitrogens is 3. The number of aryl methyl sites for hydroxylation is 1. The van der Waals surface area contributed by atoms with Crippen molar-refractivity contribution in [1.82, 2.24) is 15.0 Å². The lowest BCUT2D eigenvalue weighted by atomic mass is 10.2. The molecule has 1 amide bonds. The lowest BCUT2D eigenvalue weighted by Gasteiger charge is -2.06. The summed E-state index contributed by atoms with van der Waals surface area (Å²) in [6.45, 7) is 2.41. The second kappa shape index (κ2) is 6.84. The summed E-state index contributed by atoms with van der Waals surface area (Å²) in [6, 6.07) is 15.3. The monoisotopic (exact) mass is 385 g/mol. The number of carbonyl (C=O) groups excluding carboxylic acids is 1. The third-order valence-electron chi connectivity index (χ3n) is 3.58. The van der Waals surface area contributed by atoms with Gasteiger partial charge in [0.05, 0.1) is 6.54 Å². The molecule has 0 unspecified atom stereocenters. The summed E-state index contributed by atoms with van der Waals surface area (Å²) in [5.74, 6) is -0.140. The Balaban J connectivity index is 1.77. The molecule has 0 bridgehead atoms. The molecule has 2 aromatic carbocycles. The van der Waals surface area contributed by atoms with Crippen LogP contribution in [0.15, 0.2) is 53.0 Å². The molecular weight excluding hydrogens is 370 g/mol. The maximum atomic E-state index is 12.4. The molecule has 0 radical (unpaired) electrons. The van der Waals surface area contributed by atoms with Crippen LogP contribution in [0.5, 0.6) is 0 Å². The molecule has 3 aromatic rings. The van der Waals surface area contributed by atoms with Crippen LogP contribution in [0.1, 0.15) is 21.6 Å². The first kappa shape index (κ1) is 16.2. The Hall–Kier alpha value is -2.67. The second-order valence-corrected chi connectivity index (χ2v) is 6.24. The highest BCUT2D eigenvalue weighted by Gasteiger charge is 2.18. The van der Waals surface area contributed by atoms with Crippen molar-refractivity contribution in [2.45, 2.75) is 13.5 Å². The number of anilines is 2. The zero-order valence-corrected chi connectivity index (χ0v) is 14.6. The average molecular weight is 386 g/mol. The standard InChI is InChI=1S/C17H16BrN5O/c1-11-9-13(7-8-14(11)18)20-17(24)15-16(19)23(22-21-15)10-12-5-3-2-4-6-12/h2-9H,10,19H2,1H3,(H,20,24). The van der Waals surface area contributed by atoms with Gasteiger partial charge in [0, 0.05) is 10.2 Å². The molecule has 0 saturated carbocycles. The van der Waals surface area contributed by atoms with E-state index in [2.05, 4.69) is 31.6 Å². The van der Waals surface area contributed by atoms with E-state index < -0.39 is 0 Å². The maximum absolute atomic E-state index is 12.4. The van der Waals surface area contributed by atoms with Crippen LogP contribution in [0.2, 0.25) is 0 Å². The number of nitrogen functional groups attached to an aromatic ring is 1. The summed E-state index contributed by atoms with van der Waals surface area (Å²) in [7, 11) is 0. The van der Waals surface area contributed by atoms with Crippen LogP contribution in [-0.2, 0) is 6.54 Å². The molecule has 0 fully saturated rings. The van der Waals surface area contributed by atoms with E-state index >= 15 is 0 Å². The fraction of sp³-hybridized carbons (Fsp3) is 0.118. The van der Waals surface area contributed by atoms with E-state index in [9.17, 15) is 4.79 Å². The highest BCUT2D eigenvalue weighted by Crippen LogP contribution is 2.21. The number of rotatable bonds is 4. The van der Waals surface area contributed by atoms with Gasteiger partial charge in [-0.2, -0.15) is 0 Å². The normalized spacial score (nSPS) is 10.6. The SMILES string of the molecule is Cc1cc(NC(=O)c2nnn(Cc3ccccc3)c2N)ccc1Br. The van der Waals surface area contributed by atoms with E-state index in [1.54, 1.807) is 6.07 Å². The smallest absolute Gasteiger partial charge is 0.280 e. The number of nitrogens with one attached hydrogen (secondary N) is 1. The Bertz CT molecular complexity index is 876. The van der Waals surface area contributed by atoms with E-state index in [0.29, 0.717) is 12.2 Å². The quantitative estimate of drug-likeness (QED) is 0.721. The molecule has 3 rings (SSSR count). The first-order valence-corrected chi connectivity index (χ1v) is 8.14. The van der Waals surface area contributed by atoms with Crippen molar-refractivity contribution >= 4 is 33.3 Å². The van der Waals surface area contributed by atoms with Crippen LogP contribution in [-0.4, -0.2) is 20.9 Å². The Kier molecular flexibility index (Phi) is 4.61. The molecule has 122 valence electrons. The molecular formula is C17H16BrN5O. The molecule has 24 heavy (non-hydrogen) atoms. The highest BCUT2D eigenvalue weighted by molar-refractivity contribution is 9.10. The molecule has 0 atom stereocenters. The Morgan fingerprint density at radius 1 is 1.25 bits per heavy atom. The van der Waals surface area contributed by atoms with Gasteiger partial charge in [0.25, 0.3) is 5.91 Å². The van der Waals surface area contributed by atoms with Gasteiger partial charge in [0.15, 0.2) is 11.5 Å². The molecule has 0 saturated heterocycles. The number of hydrogen-bond acceptors (Lipinski definition) is 4. The third-order valence-corrected chi connectivity index (χ3v) is 4.47. The van der Waals surface area contributed by atoms with Gasteiger partial charge in [0.1, 0.15) is 0 Å². The Labute approximate surface area is 147 Å². The number of nitrogens with zero attached hydrogens (tertiary/aromatic N) is 3. The van der Waals surface area contributed by atoms with E-state index in [1.807, 2.05) is 49.4 Å². The second-order valence-electron chi connectivity index (χ2n) is 5.38. The average Bonchev–Trinajstić information content (AvgIpc) is 2.93. The van der Waals surface area contributed by atoms with Crippen LogP contribution in [0.4, 0.5) is 11.5 Å². The molecule has 1 heterocycles. The van der Waals surface area contributed by atoms with Gasteiger partial charge in [-0.15, -0.1) is 5.10 Å². The van der Waals surface area contributed by atoms with Gasteiger partial charge < -0.3 is 11.1 Å². The van der Waals surface area contributed by atoms with E-state index in [-0.39, 0.29) is 17.4 Å².